The van der Waals surface area contributed by atoms with Crippen molar-refractivity contribution in [2.24, 2.45) is 0 Å². The SMILES string of the molecule is Clc1ccc2[nH]cc(CC3CCCCN3)c2c1. The number of halogens is 1. The van der Waals surface area contributed by atoms with Crippen molar-refractivity contribution in [3.63, 3.8) is 0 Å². The van der Waals surface area contributed by atoms with Crippen molar-refractivity contribution >= 4 is 22.5 Å². The highest BCUT2D eigenvalue weighted by Gasteiger charge is 2.15. The summed E-state index contributed by atoms with van der Waals surface area (Å²) in [5.74, 6) is 0. The number of hydrogen-bond donors (Lipinski definition) is 2. The molecule has 2 nitrogen and oxygen atoms in total. The van der Waals surface area contributed by atoms with Crippen molar-refractivity contribution in [2.45, 2.75) is 31.7 Å². The van der Waals surface area contributed by atoms with E-state index < -0.39 is 0 Å². The number of rotatable bonds is 2. The first kappa shape index (κ1) is 11.1. The van der Waals surface area contributed by atoms with Crippen molar-refractivity contribution in [3.8, 4) is 0 Å². The van der Waals surface area contributed by atoms with Crippen LogP contribution in [-0.2, 0) is 6.42 Å². The van der Waals surface area contributed by atoms with Gasteiger partial charge in [0.05, 0.1) is 0 Å². The van der Waals surface area contributed by atoms with Crippen molar-refractivity contribution < 1.29 is 0 Å². The maximum absolute atomic E-state index is 6.06. The third kappa shape index (κ3) is 2.33. The molecule has 90 valence electrons. The lowest BCUT2D eigenvalue weighted by molar-refractivity contribution is 0.400. The van der Waals surface area contributed by atoms with E-state index in [1.54, 1.807) is 0 Å². The number of benzene rings is 1. The second-order valence-electron chi connectivity index (χ2n) is 4.85. The van der Waals surface area contributed by atoms with E-state index in [-0.39, 0.29) is 0 Å². The molecule has 0 radical (unpaired) electrons. The molecule has 3 rings (SSSR count). The van der Waals surface area contributed by atoms with Gasteiger partial charge in [0.1, 0.15) is 0 Å². The monoisotopic (exact) mass is 248 g/mol. The van der Waals surface area contributed by atoms with E-state index in [0.717, 1.165) is 18.0 Å². The number of aromatic nitrogens is 1. The highest BCUT2D eigenvalue weighted by atomic mass is 35.5. The number of piperidine rings is 1. The van der Waals surface area contributed by atoms with Crippen molar-refractivity contribution in [1.82, 2.24) is 10.3 Å². The van der Waals surface area contributed by atoms with E-state index in [9.17, 15) is 0 Å². The maximum atomic E-state index is 6.06. The van der Waals surface area contributed by atoms with Crippen LogP contribution in [0.5, 0.6) is 0 Å². The molecule has 0 amide bonds. The Morgan fingerprint density at radius 2 is 2.24 bits per heavy atom. The predicted molar refractivity (Wildman–Crippen MR) is 72.7 cm³/mol. The minimum atomic E-state index is 0.627. The molecule has 1 fully saturated rings. The summed E-state index contributed by atoms with van der Waals surface area (Å²) in [5.41, 5.74) is 2.56. The topological polar surface area (TPSA) is 27.8 Å². The lowest BCUT2D eigenvalue weighted by Gasteiger charge is -2.23. The molecule has 17 heavy (non-hydrogen) atoms. The minimum Gasteiger partial charge on any atom is -0.361 e. The molecule has 0 bridgehead atoms. The van der Waals surface area contributed by atoms with Gasteiger partial charge in [0.25, 0.3) is 0 Å². The van der Waals surface area contributed by atoms with Crippen LogP contribution in [0.3, 0.4) is 0 Å². The first-order chi connectivity index (χ1) is 8.33. The molecule has 0 saturated carbocycles. The van der Waals surface area contributed by atoms with Crippen LogP contribution in [0.15, 0.2) is 24.4 Å². The molecule has 1 atom stereocenters. The van der Waals surface area contributed by atoms with Crippen LogP contribution < -0.4 is 5.32 Å². The molecule has 1 saturated heterocycles. The maximum Gasteiger partial charge on any atom is 0.0457 e. The van der Waals surface area contributed by atoms with Crippen molar-refractivity contribution in [1.29, 1.82) is 0 Å². The predicted octanol–water partition coefficient (Wildman–Crippen LogP) is 3.51. The van der Waals surface area contributed by atoms with Gasteiger partial charge in [0.15, 0.2) is 0 Å². The van der Waals surface area contributed by atoms with Crippen LogP contribution in [0.4, 0.5) is 0 Å². The van der Waals surface area contributed by atoms with Crippen LogP contribution in [0.2, 0.25) is 5.02 Å². The van der Waals surface area contributed by atoms with Gasteiger partial charge >= 0.3 is 0 Å². The van der Waals surface area contributed by atoms with Crippen molar-refractivity contribution in [3.05, 3.63) is 35.0 Å². The molecule has 3 heteroatoms. The lowest BCUT2D eigenvalue weighted by atomic mass is 9.97. The average Bonchev–Trinajstić information content (AvgIpc) is 2.73. The second kappa shape index (κ2) is 4.71. The van der Waals surface area contributed by atoms with E-state index >= 15 is 0 Å². The molecule has 1 aliphatic heterocycles. The van der Waals surface area contributed by atoms with E-state index in [2.05, 4.69) is 28.6 Å². The van der Waals surface area contributed by atoms with Gasteiger partial charge in [0, 0.05) is 28.2 Å². The number of nitrogens with one attached hydrogen (secondary N) is 2. The summed E-state index contributed by atoms with van der Waals surface area (Å²) in [7, 11) is 0. The number of fused-ring (bicyclic) bond motifs is 1. The van der Waals surface area contributed by atoms with E-state index in [1.165, 1.54) is 35.7 Å². The van der Waals surface area contributed by atoms with E-state index in [4.69, 9.17) is 11.6 Å². The molecule has 1 unspecified atom stereocenters. The third-order valence-electron chi connectivity index (χ3n) is 3.61. The summed E-state index contributed by atoms with van der Waals surface area (Å²) in [4.78, 5) is 3.32. The minimum absolute atomic E-state index is 0.627. The summed E-state index contributed by atoms with van der Waals surface area (Å²) < 4.78 is 0. The molecule has 1 aliphatic rings. The summed E-state index contributed by atoms with van der Waals surface area (Å²) in [6.07, 6.45) is 7.17. The standard InChI is InChI=1S/C14H17ClN2/c15-11-4-5-14-13(8-11)10(9-17-14)7-12-3-1-2-6-16-12/h4-5,8-9,12,16-17H,1-3,6-7H2. The van der Waals surface area contributed by atoms with Crippen molar-refractivity contribution in [2.75, 3.05) is 6.54 Å². The number of H-pyrrole nitrogens is 1. The zero-order valence-corrected chi connectivity index (χ0v) is 10.6. The smallest absolute Gasteiger partial charge is 0.0457 e. The first-order valence-corrected chi connectivity index (χ1v) is 6.69. The van der Waals surface area contributed by atoms with Crippen LogP contribution in [0, 0.1) is 0 Å². The highest BCUT2D eigenvalue weighted by Crippen LogP contribution is 2.24. The molecular weight excluding hydrogens is 232 g/mol. The Kier molecular flexibility index (Phi) is 3.08. The Hall–Kier alpha value is -0.990. The Balaban J connectivity index is 1.86. The Bertz CT molecular complexity index is 512. The fraction of sp³-hybridized carbons (Fsp3) is 0.429. The summed E-state index contributed by atoms with van der Waals surface area (Å²) in [6, 6.07) is 6.67. The molecular formula is C14H17ClN2. The Morgan fingerprint density at radius 3 is 3.06 bits per heavy atom. The summed E-state index contributed by atoms with van der Waals surface area (Å²) in [5, 5.41) is 5.67. The Labute approximate surface area is 106 Å². The van der Waals surface area contributed by atoms with Gasteiger partial charge in [0.2, 0.25) is 0 Å². The quantitative estimate of drug-likeness (QED) is 0.837. The molecule has 2 heterocycles. The lowest BCUT2D eigenvalue weighted by Crippen LogP contribution is -2.35. The molecule has 2 aromatic rings. The van der Waals surface area contributed by atoms with Gasteiger partial charge in [-0.05, 0) is 49.6 Å². The summed E-state index contributed by atoms with van der Waals surface area (Å²) >= 11 is 6.06. The van der Waals surface area contributed by atoms with E-state index in [1.807, 2.05) is 6.07 Å². The van der Waals surface area contributed by atoms with Gasteiger partial charge in [-0.1, -0.05) is 18.0 Å². The number of hydrogen-bond acceptors (Lipinski definition) is 1. The molecule has 0 aliphatic carbocycles. The van der Waals surface area contributed by atoms with Gasteiger partial charge in [-0.3, -0.25) is 0 Å². The largest absolute Gasteiger partial charge is 0.361 e. The van der Waals surface area contributed by atoms with Gasteiger partial charge < -0.3 is 10.3 Å². The van der Waals surface area contributed by atoms with Crippen LogP contribution in [-0.4, -0.2) is 17.6 Å². The van der Waals surface area contributed by atoms with Crippen LogP contribution >= 0.6 is 11.6 Å². The van der Waals surface area contributed by atoms with Gasteiger partial charge in [-0.15, -0.1) is 0 Å². The fourth-order valence-corrected chi connectivity index (χ4v) is 2.86. The van der Waals surface area contributed by atoms with Gasteiger partial charge in [-0.2, -0.15) is 0 Å². The summed E-state index contributed by atoms with van der Waals surface area (Å²) in [6.45, 7) is 1.16. The zero-order valence-electron chi connectivity index (χ0n) is 9.80. The van der Waals surface area contributed by atoms with Gasteiger partial charge in [-0.25, -0.2) is 0 Å². The zero-order chi connectivity index (χ0) is 11.7. The van der Waals surface area contributed by atoms with Crippen LogP contribution in [0.25, 0.3) is 10.9 Å². The molecule has 2 N–H and O–H groups in total. The number of aromatic amines is 1. The highest BCUT2D eigenvalue weighted by molar-refractivity contribution is 6.31. The molecule has 1 aromatic carbocycles. The molecule has 0 spiro atoms. The third-order valence-corrected chi connectivity index (χ3v) is 3.84. The average molecular weight is 249 g/mol. The van der Waals surface area contributed by atoms with Crippen LogP contribution in [0.1, 0.15) is 24.8 Å². The second-order valence-corrected chi connectivity index (χ2v) is 5.29. The Morgan fingerprint density at radius 1 is 1.29 bits per heavy atom. The molecule has 1 aromatic heterocycles. The normalized spacial score (nSPS) is 20.9. The fourth-order valence-electron chi connectivity index (χ4n) is 2.68. The first-order valence-electron chi connectivity index (χ1n) is 6.32. The van der Waals surface area contributed by atoms with E-state index in [0.29, 0.717) is 6.04 Å².